The molecule has 0 amide bonds. The molecule has 0 saturated carbocycles. The molecule has 2 heterocycles. The highest BCUT2D eigenvalue weighted by atomic mass is 16.5. The van der Waals surface area contributed by atoms with Gasteiger partial charge in [0.05, 0.1) is 10.8 Å². The molecule has 2 aliphatic carbocycles. The van der Waals surface area contributed by atoms with Gasteiger partial charge in [-0.1, -0.05) is 212 Å². The average Bonchev–Trinajstić information content (AvgIpc) is 4.18. The Morgan fingerprint density at radius 3 is 1.13 bits per heavy atom. The van der Waals surface area contributed by atoms with Crippen LogP contribution in [0.2, 0.25) is 0 Å². The van der Waals surface area contributed by atoms with E-state index < -0.39 is 10.8 Å². The fourth-order valence-corrected chi connectivity index (χ4v) is 13.6. The van der Waals surface area contributed by atoms with Crippen LogP contribution in [0.4, 0.5) is 17.1 Å². The summed E-state index contributed by atoms with van der Waals surface area (Å²) in [7, 11) is 0. The summed E-state index contributed by atoms with van der Waals surface area (Å²) in [6.07, 6.45) is 0. The van der Waals surface area contributed by atoms with Crippen molar-refractivity contribution in [2.24, 2.45) is 0 Å². The van der Waals surface area contributed by atoms with Crippen LogP contribution in [0.15, 0.2) is 285 Å². The largest absolute Gasteiger partial charge is 0.457 e. The Hall–Kier alpha value is -9.96. The molecule has 2 aliphatic heterocycles. The van der Waals surface area contributed by atoms with Crippen LogP contribution in [0.5, 0.6) is 23.0 Å². The first kappa shape index (κ1) is 43.4. The number of anilines is 3. The van der Waals surface area contributed by atoms with Crippen LogP contribution in [-0.2, 0) is 10.8 Å². The molecule has 12 aromatic rings. The van der Waals surface area contributed by atoms with Crippen LogP contribution >= 0.6 is 0 Å². The van der Waals surface area contributed by atoms with Gasteiger partial charge in [0.1, 0.15) is 23.0 Å². The summed E-state index contributed by atoms with van der Waals surface area (Å²) in [6.45, 7) is 0. The van der Waals surface area contributed by atoms with Gasteiger partial charge >= 0.3 is 0 Å². The van der Waals surface area contributed by atoms with Gasteiger partial charge in [-0.05, 0) is 151 Å². The van der Waals surface area contributed by atoms with Gasteiger partial charge in [-0.25, -0.2) is 0 Å². The molecule has 0 N–H and O–H groups in total. The van der Waals surface area contributed by atoms with E-state index in [2.05, 4.69) is 290 Å². The van der Waals surface area contributed by atoms with Crippen molar-refractivity contribution in [2.75, 3.05) is 4.90 Å². The quantitative estimate of drug-likeness (QED) is 0.166. The van der Waals surface area contributed by atoms with Crippen molar-refractivity contribution >= 4 is 17.1 Å². The summed E-state index contributed by atoms with van der Waals surface area (Å²) in [4.78, 5) is 2.39. The predicted octanol–water partition coefficient (Wildman–Crippen LogP) is 19.1. The van der Waals surface area contributed by atoms with Crippen molar-refractivity contribution in [1.29, 1.82) is 0 Å². The normalized spacial score (nSPS) is 13.9. The average molecular weight is 982 g/mol. The van der Waals surface area contributed by atoms with Gasteiger partial charge < -0.3 is 14.4 Å². The van der Waals surface area contributed by atoms with E-state index in [1.165, 1.54) is 66.8 Å². The predicted molar refractivity (Wildman–Crippen MR) is 312 cm³/mol. The molecule has 0 aromatic heterocycles. The summed E-state index contributed by atoms with van der Waals surface area (Å²) >= 11 is 0. The maximum absolute atomic E-state index is 6.64. The fourth-order valence-electron chi connectivity index (χ4n) is 13.6. The number of rotatable bonds is 6. The number of hydrogen-bond acceptors (Lipinski definition) is 3. The molecule has 0 radical (unpaired) electrons. The van der Waals surface area contributed by atoms with Crippen LogP contribution in [-0.4, -0.2) is 0 Å². The molecule has 4 aliphatic rings. The van der Waals surface area contributed by atoms with Crippen molar-refractivity contribution in [3.05, 3.63) is 330 Å². The van der Waals surface area contributed by atoms with E-state index in [1.807, 2.05) is 0 Å². The Kier molecular flexibility index (Phi) is 9.47. The van der Waals surface area contributed by atoms with E-state index in [0.717, 1.165) is 73.4 Å². The second-order valence-electron chi connectivity index (χ2n) is 20.6. The minimum Gasteiger partial charge on any atom is -0.457 e. The lowest BCUT2D eigenvalue weighted by atomic mass is 9.66. The third kappa shape index (κ3) is 6.26. The van der Waals surface area contributed by atoms with Crippen molar-refractivity contribution in [3.8, 4) is 78.6 Å². The number of ether oxygens (including phenoxy) is 2. The van der Waals surface area contributed by atoms with E-state index in [-0.39, 0.29) is 0 Å². The maximum Gasteiger partial charge on any atom is 0.132 e. The summed E-state index contributed by atoms with van der Waals surface area (Å²) in [6, 6.07) is 104. The molecule has 0 saturated heterocycles. The maximum atomic E-state index is 6.64. The van der Waals surface area contributed by atoms with Gasteiger partial charge in [0.15, 0.2) is 0 Å². The summed E-state index contributed by atoms with van der Waals surface area (Å²) in [5.41, 5.74) is 23.9. The van der Waals surface area contributed by atoms with Gasteiger partial charge in [0.2, 0.25) is 0 Å². The van der Waals surface area contributed by atoms with Crippen molar-refractivity contribution in [1.82, 2.24) is 0 Å². The first-order chi connectivity index (χ1) is 38.2. The van der Waals surface area contributed by atoms with Crippen LogP contribution in [0.25, 0.3) is 55.6 Å². The Bertz CT molecular complexity index is 4250. The molecule has 2 spiro atoms. The number of hydrogen-bond donors (Lipinski definition) is 0. The van der Waals surface area contributed by atoms with Crippen LogP contribution in [0.1, 0.15) is 44.5 Å². The minimum atomic E-state index is -0.535. The van der Waals surface area contributed by atoms with Crippen molar-refractivity contribution in [3.63, 3.8) is 0 Å². The third-order valence-corrected chi connectivity index (χ3v) is 16.8. The zero-order chi connectivity index (χ0) is 50.7. The highest BCUT2D eigenvalue weighted by Gasteiger charge is 2.52. The molecule has 3 nitrogen and oxygen atoms in total. The zero-order valence-corrected chi connectivity index (χ0v) is 41.9. The standard InChI is InChI=1S/C74H47NO2/c1-2-17-48(18-3-1)49-33-39-54(40-34-49)75(55-41-35-50(36-42-55)53-37-43-59-57-21-4-6-23-61(57)74(68(59)47-53)66-27-10-14-31-71(66)77-72-32-15-11-28-67(72)74)56-20-16-19-51(45-56)52-38-44-63-60(46-52)58-22-5-7-24-62(58)73(63)64-25-8-12-29-69(64)76-70-30-13-9-26-65(70)73/h1-47H. The molecular formula is C74H47NO2. The molecular weight excluding hydrogens is 935 g/mol. The van der Waals surface area contributed by atoms with E-state index in [1.54, 1.807) is 0 Å². The topological polar surface area (TPSA) is 21.7 Å². The molecule has 12 aromatic carbocycles. The van der Waals surface area contributed by atoms with E-state index >= 15 is 0 Å². The van der Waals surface area contributed by atoms with Gasteiger partial charge in [-0.15, -0.1) is 0 Å². The minimum absolute atomic E-state index is 0.513. The van der Waals surface area contributed by atoms with E-state index in [4.69, 9.17) is 9.47 Å². The van der Waals surface area contributed by atoms with Crippen molar-refractivity contribution < 1.29 is 9.47 Å². The fraction of sp³-hybridized carbons (Fsp3) is 0.0270. The lowest BCUT2D eigenvalue weighted by molar-refractivity contribution is 0.436. The highest BCUT2D eigenvalue weighted by Crippen LogP contribution is 2.64. The second kappa shape index (κ2) is 16.8. The van der Waals surface area contributed by atoms with Crippen LogP contribution in [0.3, 0.4) is 0 Å². The number of benzene rings is 12. The van der Waals surface area contributed by atoms with E-state index in [0.29, 0.717) is 0 Å². The Morgan fingerprint density at radius 1 is 0.208 bits per heavy atom. The first-order valence-corrected chi connectivity index (χ1v) is 26.6. The Morgan fingerprint density at radius 2 is 0.571 bits per heavy atom. The molecule has 0 atom stereocenters. The van der Waals surface area contributed by atoms with E-state index in [9.17, 15) is 0 Å². The number of para-hydroxylation sites is 4. The van der Waals surface area contributed by atoms with Gasteiger partial charge in [0.25, 0.3) is 0 Å². The monoisotopic (exact) mass is 981 g/mol. The van der Waals surface area contributed by atoms with Gasteiger partial charge in [-0.2, -0.15) is 0 Å². The number of fused-ring (bicyclic) bond motifs is 18. The first-order valence-electron chi connectivity index (χ1n) is 26.6. The molecule has 0 bridgehead atoms. The molecule has 360 valence electrons. The SMILES string of the molecule is c1ccc(-c2ccc(N(c3ccc(-c4ccc5c(c4)C4(c6ccccc6Oc6ccccc64)c4ccccc4-5)cc3)c3cccc(-c4ccc5c(c4)-c4ccccc4C54c5ccccc5Oc5ccccc54)c3)cc2)cc1. The molecule has 0 fully saturated rings. The molecule has 0 unspecified atom stereocenters. The lowest BCUT2D eigenvalue weighted by Crippen LogP contribution is -2.32. The van der Waals surface area contributed by atoms with Crippen LogP contribution in [0, 0.1) is 0 Å². The van der Waals surface area contributed by atoms with Crippen LogP contribution < -0.4 is 14.4 Å². The Labute approximate surface area is 448 Å². The smallest absolute Gasteiger partial charge is 0.132 e. The number of nitrogens with zero attached hydrogens (tertiary/aromatic N) is 1. The van der Waals surface area contributed by atoms with Crippen molar-refractivity contribution in [2.45, 2.75) is 10.8 Å². The van der Waals surface area contributed by atoms with Gasteiger partial charge in [-0.3, -0.25) is 0 Å². The molecule has 77 heavy (non-hydrogen) atoms. The summed E-state index contributed by atoms with van der Waals surface area (Å²) < 4.78 is 13.3. The van der Waals surface area contributed by atoms with Gasteiger partial charge in [0, 0.05) is 39.3 Å². The second-order valence-corrected chi connectivity index (χ2v) is 20.6. The zero-order valence-electron chi connectivity index (χ0n) is 41.9. The lowest BCUT2D eigenvalue weighted by Gasteiger charge is -2.39. The third-order valence-electron chi connectivity index (χ3n) is 16.8. The summed E-state index contributed by atoms with van der Waals surface area (Å²) in [5.74, 6) is 3.59. The summed E-state index contributed by atoms with van der Waals surface area (Å²) in [5, 5.41) is 0. The Balaban J connectivity index is 0.814. The molecule has 16 rings (SSSR count). The highest BCUT2D eigenvalue weighted by molar-refractivity contribution is 5.93. The molecule has 3 heteroatoms.